The second-order valence-electron chi connectivity index (χ2n) is 9.48. The first kappa shape index (κ1) is 22.1. The van der Waals surface area contributed by atoms with Crippen LogP contribution < -0.4 is 10.2 Å². The number of nitrogens with one attached hydrogen (secondary N) is 1. The molecule has 6 rings (SSSR count). The molecule has 0 spiro atoms. The highest BCUT2D eigenvalue weighted by Gasteiger charge is 2.39. The molecular formula is C23H25F2N7O3. The maximum absolute atomic E-state index is 13.8. The van der Waals surface area contributed by atoms with Crippen LogP contribution in [0.5, 0.6) is 0 Å². The van der Waals surface area contributed by atoms with E-state index in [0.29, 0.717) is 37.9 Å². The third-order valence-electron chi connectivity index (χ3n) is 7.32. The molecule has 35 heavy (non-hydrogen) atoms. The molecule has 12 heteroatoms. The summed E-state index contributed by atoms with van der Waals surface area (Å²) >= 11 is 0. The second kappa shape index (κ2) is 8.67. The number of morpholine rings is 1. The van der Waals surface area contributed by atoms with E-state index in [4.69, 9.17) is 4.74 Å². The Balaban J connectivity index is 1.25. The van der Waals surface area contributed by atoms with Crippen LogP contribution in [0.25, 0.3) is 5.65 Å². The number of amides is 1. The number of anilines is 2. The highest BCUT2D eigenvalue weighted by atomic mass is 19.3. The van der Waals surface area contributed by atoms with Gasteiger partial charge in [-0.2, -0.15) is 10.2 Å². The lowest BCUT2D eigenvalue weighted by molar-refractivity contribution is -0.112. The van der Waals surface area contributed by atoms with Crippen molar-refractivity contribution in [2.45, 2.75) is 56.7 Å². The van der Waals surface area contributed by atoms with Gasteiger partial charge in [0.05, 0.1) is 36.7 Å². The highest BCUT2D eigenvalue weighted by Crippen LogP contribution is 2.35. The average molecular weight is 485 g/mol. The molecule has 2 atom stereocenters. The van der Waals surface area contributed by atoms with Crippen LogP contribution in [0, 0.1) is 5.92 Å². The zero-order valence-corrected chi connectivity index (χ0v) is 18.9. The molecule has 2 aliphatic heterocycles. The number of nitrogens with zero attached hydrogens (tertiary/aromatic N) is 6. The van der Waals surface area contributed by atoms with Crippen molar-refractivity contribution in [3.8, 4) is 0 Å². The standard InChI is InChI=1S/C23H25F2N7O3/c24-21(25)20-18(10-32(29-20)14-3-1-13(11-33)2-4-14)27-23(34)17-8-26-31-6-5-19(28-22(17)31)30-9-16-7-15(30)12-35-16/h5-6,8,10-11,13-16,21H,1-4,7,9,12H2,(H,27,34)/t13?,14?,15-,16?/m0/s1. The lowest BCUT2D eigenvalue weighted by Gasteiger charge is -2.27. The van der Waals surface area contributed by atoms with E-state index in [-0.39, 0.29) is 35.4 Å². The zero-order chi connectivity index (χ0) is 24.1. The van der Waals surface area contributed by atoms with Crippen LogP contribution in [0.4, 0.5) is 20.3 Å². The van der Waals surface area contributed by atoms with Gasteiger partial charge in [0, 0.05) is 24.9 Å². The van der Waals surface area contributed by atoms with Gasteiger partial charge in [0.1, 0.15) is 17.7 Å². The summed E-state index contributed by atoms with van der Waals surface area (Å²) in [5.74, 6) is 0.156. The quantitative estimate of drug-likeness (QED) is 0.535. The van der Waals surface area contributed by atoms with Crippen molar-refractivity contribution in [2.75, 3.05) is 23.4 Å². The minimum atomic E-state index is -2.85. The molecule has 1 unspecified atom stereocenters. The number of halogens is 2. The molecule has 3 aromatic rings. The minimum Gasteiger partial charge on any atom is -0.374 e. The van der Waals surface area contributed by atoms with Gasteiger partial charge in [-0.15, -0.1) is 0 Å². The minimum absolute atomic E-state index is 0.00632. The second-order valence-corrected chi connectivity index (χ2v) is 9.48. The van der Waals surface area contributed by atoms with Gasteiger partial charge in [0.15, 0.2) is 11.3 Å². The largest absolute Gasteiger partial charge is 0.374 e. The molecule has 1 amide bonds. The molecule has 3 fully saturated rings. The first-order chi connectivity index (χ1) is 17.0. The zero-order valence-electron chi connectivity index (χ0n) is 18.9. The molecular weight excluding hydrogens is 460 g/mol. The smallest absolute Gasteiger partial charge is 0.284 e. The van der Waals surface area contributed by atoms with Crippen LogP contribution in [0.15, 0.2) is 24.7 Å². The Hall–Kier alpha value is -3.41. The molecule has 3 aliphatic rings. The number of aromatic nitrogens is 5. The molecule has 10 nitrogen and oxygen atoms in total. The van der Waals surface area contributed by atoms with Crippen molar-refractivity contribution in [2.24, 2.45) is 5.92 Å². The van der Waals surface area contributed by atoms with E-state index in [1.807, 2.05) is 6.07 Å². The summed E-state index contributed by atoms with van der Waals surface area (Å²) in [6.07, 6.45) is 6.56. The average Bonchev–Trinajstić information content (AvgIpc) is 3.66. The summed E-state index contributed by atoms with van der Waals surface area (Å²) in [5.41, 5.74) is 0.0230. The number of hydrogen-bond donors (Lipinski definition) is 1. The van der Waals surface area contributed by atoms with Crippen LogP contribution in [0.1, 0.15) is 60.6 Å². The monoisotopic (exact) mass is 485 g/mol. The third-order valence-corrected chi connectivity index (χ3v) is 7.32. The Kier molecular flexibility index (Phi) is 5.47. The number of aldehydes is 1. The lowest BCUT2D eigenvalue weighted by Crippen LogP contribution is -2.37. The Morgan fingerprint density at radius 3 is 2.74 bits per heavy atom. The predicted molar refractivity (Wildman–Crippen MR) is 121 cm³/mol. The molecule has 1 N–H and O–H groups in total. The fourth-order valence-corrected chi connectivity index (χ4v) is 5.40. The summed E-state index contributed by atoms with van der Waals surface area (Å²) in [6.45, 7) is 1.40. The number of carbonyl (C=O) groups is 2. The van der Waals surface area contributed by atoms with E-state index in [9.17, 15) is 18.4 Å². The Labute approximate surface area is 199 Å². The summed E-state index contributed by atoms with van der Waals surface area (Å²) < 4.78 is 36.1. The molecule has 2 bridgehead atoms. The number of fused-ring (bicyclic) bond motifs is 3. The molecule has 5 heterocycles. The van der Waals surface area contributed by atoms with E-state index in [1.165, 1.54) is 21.6 Å². The number of ether oxygens (including phenoxy) is 1. The first-order valence-electron chi connectivity index (χ1n) is 11.9. The summed E-state index contributed by atoms with van der Waals surface area (Å²) in [7, 11) is 0. The molecule has 0 radical (unpaired) electrons. The van der Waals surface area contributed by atoms with Gasteiger partial charge < -0.3 is 19.7 Å². The van der Waals surface area contributed by atoms with Crippen LogP contribution in [-0.4, -0.2) is 61.9 Å². The van der Waals surface area contributed by atoms with E-state index in [1.54, 1.807) is 6.20 Å². The topological polar surface area (TPSA) is 107 Å². The fraction of sp³-hybridized carbons (Fsp3) is 0.522. The van der Waals surface area contributed by atoms with Crippen LogP contribution >= 0.6 is 0 Å². The number of carbonyl (C=O) groups excluding carboxylic acids is 2. The normalized spacial score (nSPS) is 26.1. The summed E-state index contributed by atoms with van der Waals surface area (Å²) in [4.78, 5) is 31.0. The van der Waals surface area contributed by atoms with E-state index in [0.717, 1.165) is 25.1 Å². The van der Waals surface area contributed by atoms with Gasteiger partial charge in [-0.1, -0.05) is 0 Å². The Morgan fingerprint density at radius 1 is 1.23 bits per heavy atom. The number of alkyl halides is 2. The lowest BCUT2D eigenvalue weighted by atomic mass is 9.87. The van der Waals surface area contributed by atoms with Gasteiger partial charge in [0.25, 0.3) is 12.3 Å². The molecule has 2 saturated heterocycles. The Morgan fingerprint density at radius 2 is 2.06 bits per heavy atom. The van der Waals surface area contributed by atoms with Crippen molar-refractivity contribution in [1.82, 2.24) is 24.4 Å². The Bertz CT molecular complexity index is 1270. The van der Waals surface area contributed by atoms with Crippen LogP contribution in [0.3, 0.4) is 0 Å². The first-order valence-corrected chi connectivity index (χ1v) is 11.9. The maximum Gasteiger partial charge on any atom is 0.284 e. The van der Waals surface area contributed by atoms with Gasteiger partial charge in [-0.25, -0.2) is 18.3 Å². The fourth-order valence-electron chi connectivity index (χ4n) is 5.40. The maximum atomic E-state index is 13.8. The summed E-state index contributed by atoms with van der Waals surface area (Å²) in [5, 5.41) is 10.9. The van der Waals surface area contributed by atoms with E-state index in [2.05, 4.69) is 25.4 Å². The molecule has 1 saturated carbocycles. The van der Waals surface area contributed by atoms with Crippen molar-refractivity contribution < 1.29 is 23.1 Å². The van der Waals surface area contributed by atoms with Crippen molar-refractivity contribution in [1.29, 1.82) is 0 Å². The van der Waals surface area contributed by atoms with Crippen molar-refractivity contribution in [3.63, 3.8) is 0 Å². The van der Waals surface area contributed by atoms with Gasteiger partial charge >= 0.3 is 0 Å². The van der Waals surface area contributed by atoms with E-state index >= 15 is 0 Å². The summed E-state index contributed by atoms with van der Waals surface area (Å²) in [6, 6.07) is 2.02. The number of rotatable bonds is 6. The molecule has 3 aromatic heterocycles. The van der Waals surface area contributed by atoms with Crippen LogP contribution in [0.2, 0.25) is 0 Å². The van der Waals surface area contributed by atoms with Crippen LogP contribution in [-0.2, 0) is 9.53 Å². The van der Waals surface area contributed by atoms with Gasteiger partial charge in [0.2, 0.25) is 0 Å². The van der Waals surface area contributed by atoms with Crippen molar-refractivity contribution in [3.05, 3.63) is 35.9 Å². The van der Waals surface area contributed by atoms with Crippen molar-refractivity contribution >= 4 is 29.3 Å². The van der Waals surface area contributed by atoms with Gasteiger partial charge in [-0.3, -0.25) is 9.48 Å². The SMILES string of the molecule is O=CC1CCC(n2cc(NC(=O)c3cnn4ccc(N5CC6C[C@H]5CO6)nc34)c(C(F)F)n2)CC1. The molecule has 0 aromatic carbocycles. The predicted octanol–water partition coefficient (Wildman–Crippen LogP) is 3.02. The third kappa shape index (κ3) is 3.95. The van der Waals surface area contributed by atoms with E-state index < -0.39 is 18.0 Å². The highest BCUT2D eigenvalue weighted by molar-refractivity contribution is 6.08. The molecule has 1 aliphatic carbocycles. The van der Waals surface area contributed by atoms with Gasteiger partial charge in [-0.05, 0) is 38.2 Å². The molecule has 184 valence electrons. The number of hydrogen-bond acceptors (Lipinski definition) is 7.